The van der Waals surface area contributed by atoms with Crippen molar-refractivity contribution in [3.05, 3.63) is 42.5 Å². The van der Waals surface area contributed by atoms with Gasteiger partial charge in [0.25, 0.3) is 0 Å². The third-order valence-electron chi connectivity index (χ3n) is 2.15. The van der Waals surface area contributed by atoms with Crippen molar-refractivity contribution in [1.29, 1.82) is 0 Å². The molecule has 0 saturated heterocycles. The van der Waals surface area contributed by atoms with Crippen LogP contribution in [0.2, 0.25) is 0 Å². The van der Waals surface area contributed by atoms with E-state index >= 15 is 0 Å². The van der Waals surface area contributed by atoms with Crippen LogP contribution in [0.25, 0.3) is 5.69 Å². The first-order valence-electron chi connectivity index (χ1n) is 5.23. The van der Waals surface area contributed by atoms with E-state index in [9.17, 15) is 4.39 Å². The number of halogens is 1. The molecule has 0 saturated carbocycles. The summed E-state index contributed by atoms with van der Waals surface area (Å²) in [5, 5.41) is 7.14. The maximum Gasteiger partial charge on any atom is 0.150 e. The van der Waals surface area contributed by atoms with Crippen LogP contribution in [-0.4, -0.2) is 15.8 Å². The van der Waals surface area contributed by atoms with Crippen LogP contribution < -0.4 is 5.32 Å². The molecule has 0 spiro atoms. The first-order valence-corrected chi connectivity index (χ1v) is 5.23. The molecule has 0 atom stereocenters. The maximum atomic E-state index is 13.8. The molecule has 0 radical (unpaired) electrons. The Morgan fingerprint density at radius 1 is 1.38 bits per heavy atom. The molecule has 1 aromatic heterocycles. The van der Waals surface area contributed by atoms with Gasteiger partial charge in [0.1, 0.15) is 5.69 Å². The van der Waals surface area contributed by atoms with E-state index in [1.165, 1.54) is 10.7 Å². The molecule has 0 bridgehead atoms. The van der Waals surface area contributed by atoms with E-state index in [0.29, 0.717) is 5.69 Å². The highest BCUT2D eigenvalue weighted by Crippen LogP contribution is 2.18. The number of nitrogens with one attached hydrogen (secondary N) is 1. The lowest BCUT2D eigenvalue weighted by Crippen LogP contribution is -2.10. The average molecular weight is 219 g/mol. The molecule has 84 valence electrons. The Kier molecular flexibility index (Phi) is 2.90. The molecule has 0 aliphatic rings. The van der Waals surface area contributed by atoms with E-state index in [0.717, 1.165) is 5.69 Å². The third kappa shape index (κ3) is 2.21. The van der Waals surface area contributed by atoms with Crippen LogP contribution in [0.4, 0.5) is 10.1 Å². The molecule has 0 aliphatic carbocycles. The van der Waals surface area contributed by atoms with Crippen molar-refractivity contribution in [3.63, 3.8) is 0 Å². The number of hydrogen-bond donors (Lipinski definition) is 1. The first kappa shape index (κ1) is 10.7. The zero-order chi connectivity index (χ0) is 11.5. The SMILES string of the molecule is CC(C)Nc1ccc(-n2cccn2)c(F)c1. The summed E-state index contributed by atoms with van der Waals surface area (Å²) < 4.78 is 15.3. The second kappa shape index (κ2) is 4.35. The summed E-state index contributed by atoms with van der Waals surface area (Å²) in [5.41, 5.74) is 1.24. The monoisotopic (exact) mass is 219 g/mol. The van der Waals surface area contributed by atoms with Gasteiger partial charge < -0.3 is 5.32 Å². The van der Waals surface area contributed by atoms with Crippen LogP contribution in [0.3, 0.4) is 0 Å². The van der Waals surface area contributed by atoms with Crippen LogP contribution >= 0.6 is 0 Å². The summed E-state index contributed by atoms with van der Waals surface area (Å²) in [4.78, 5) is 0. The fraction of sp³-hybridized carbons (Fsp3) is 0.250. The first-order chi connectivity index (χ1) is 7.66. The summed E-state index contributed by atoms with van der Waals surface area (Å²) in [6.07, 6.45) is 3.34. The Hall–Kier alpha value is -1.84. The van der Waals surface area contributed by atoms with Crippen molar-refractivity contribution in [2.45, 2.75) is 19.9 Å². The lowest BCUT2D eigenvalue weighted by Gasteiger charge is -2.11. The molecule has 16 heavy (non-hydrogen) atoms. The zero-order valence-electron chi connectivity index (χ0n) is 9.31. The minimum atomic E-state index is -0.283. The fourth-order valence-corrected chi connectivity index (χ4v) is 1.53. The fourth-order valence-electron chi connectivity index (χ4n) is 1.53. The molecule has 1 heterocycles. The Balaban J connectivity index is 2.30. The third-order valence-corrected chi connectivity index (χ3v) is 2.15. The number of rotatable bonds is 3. The van der Waals surface area contributed by atoms with Crippen LogP contribution in [0.5, 0.6) is 0 Å². The molecule has 1 N–H and O–H groups in total. The Labute approximate surface area is 93.9 Å². The van der Waals surface area contributed by atoms with Gasteiger partial charge >= 0.3 is 0 Å². The van der Waals surface area contributed by atoms with Gasteiger partial charge in [-0.3, -0.25) is 0 Å². The van der Waals surface area contributed by atoms with E-state index in [1.807, 2.05) is 19.9 Å². The van der Waals surface area contributed by atoms with Crippen LogP contribution in [0, 0.1) is 5.82 Å². The minimum absolute atomic E-state index is 0.283. The summed E-state index contributed by atoms with van der Waals surface area (Å²) in [7, 11) is 0. The Bertz CT molecular complexity index is 463. The van der Waals surface area contributed by atoms with Crippen molar-refractivity contribution in [2.24, 2.45) is 0 Å². The van der Waals surface area contributed by atoms with Gasteiger partial charge in [-0.1, -0.05) is 0 Å². The molecule has 0 unspecified atom stereocenters. The summed E-state index contributed by atoms with van der Waals surface area (Å²) in [6.45, 7) is 4.03. The van der Waals surface area contributed by atoms with Crippen molar-refractivity contribution in [2.75, 3.05) is 5.32 Å². The predicted octanol–water partition coefficient (Wildman–Crippen LogP) is 2.83. The number of nitrogens with zero attached hydrogens (tertiary/aromatic N) is 2. The molecular weight excluding hydrogens is 205 g/mol. The number of hydrogen-bond acceptors (Lipinski definition) is 2. The topological polar surface area (TPSA) is 29.9 Å². The highest BCUT2D eigenvalue weighted by molar-refractivity contribution is 5.49. The van der Waals surface area contributed by atoms with Gasteiger partial charge in [0, 0.05) is 24.1 Å². The molecule has 2 rings (SSSR count). The van der Waals surface area contributed by atoms with Crippen LogP contribution in [0.1, 0.15) is 13.8 Å². The number of anilines is 1. The maximum absolute atomic E-state index is 13.8. The molecule has 1 aromatic carbocycles. The molecule has 4 heteroatoms. The molecule has 0 amide bonds. The van der Waals surface area contributed by atoms with Crippen LogP contribution in [0.15, 0.2) is 36.7 Å². The second-order valence-corrected chi connectivity index (χ2v) is 3.92. The lowest BCUT2D eigenvalue weighted by atomic mass is 10.2. The highest BCUT2D eigenvalue weighted by Gasteiger charge is 2.06. The number of benzene rings is 1. The highest BCUT2D eigenvalue weighted by atomic mass is 19.1. The van der Waals surface area contributed by atoms with E-state index in [-0.39, 0.29) is 11.9 Å². The van der Waals surface area contributed by atoms with Gasteiger partial charge in [-0.15, -0.1) is 0 Å². The molecule has 2 aromatic rings. The summed E-state index contributed by atoms with van der Waals surface area (Å²) in [6, 6.07) is 7.10. The largest absolute Gasteiger partial charge is 0.383 e. The van der Waals surface area contributed by atoms with Gasteiger partial charge in [-0.2, -0.15) is 5.10 Å². The van der Waals surface area contributed by atoms with Gasteiger partial charge in [0.2, 0.25) is 0 Å². The van der Waals surface area contributed by atoms with Gasteiger partial charge in [0.15, 0.2) is 5.82 Å². The Morgan fingerprint density at radius 3 is 2.75 bits per heavy atom. The smallest absolute Gasteiger partial charge is 0.150 e. The van der Waals surface area contributed by atoms with E-state index in [4.69, 9.17) is 0 Å². The van der Waals surface area contributed by atoms with Crippen molar-refractivity contribution in [3.8, 4) is 5.69 Å². The lowest BCUT2D eigenvalue weighted by molar-refractivity contribution is 0.611. The standard InChI is InChI=1S/C12H14FN3/c1-9(2)15-10-4-5-12(11(13)8-10)16-7-3-6-14-16/h3-9,15H,1-2H3. The summed E-state index contributed by atoms with van der Waals surface area (Å²) >= 11 is 0. The molecular formula is C12H14FN3. The van der Waals surface area contributed by atoms with Gasteiger partial charge in [0.05, 0.1) is 0 Å². The quantitative estimate of drug-likeness (QED) is 0.860. The predicted molar refractivity (Wildman–Crippen MR) is 62.3 cm³/mol. The average Bonchev–Trinajstić information content (AvgIpc) is 2.69. The minimum Gasteiger partial charge on any atom is -0.383 e. The molecule has 0 aliphatic heterocycles. The van der Waals surface area contributed by atoms with E-state index in [2.05, 4.69) is 10.4 Å². The second-order valence-electron chi connectivity index (χ2n) is 3.92. The van der Waals surface area contributed by atoms with Crippen molar-refractivity contribution in [1.82, 2.24) is 9.78 Å². The summed E-state index contributed by atoms with van der Waals surface area (Å²) in [5.74, 6) is -0.283. The van der Waals surface area contributed by atoms with Crippen LogP contribution in [-0.2, 0) is 0 Å². The van der Waals surface area contributed by atoms with Crippen molar-refractivity contribution >= 4 is 5.69 Å². The van der Waals surface area contributed by atoms with Gasteiger partial charge in [-0.25, -0.2) is 9.07 Å². The molecule has 0 fully saturated rings. The number of aromatic nitrogens is 2. The van der Waals surface area contributed by atoms with Crippen molar-refractivity contribution < 1.29 is 4.39 Å². The van der Waals surface area contributed by atoms with Gasteiger partial charge in [-0.05, 0) is 38.1 Å². The molecule has 3 nitrogen and oxygen atoms in total. The zero-order valence-corrected chi connectivity index (χ0v) is 9.31. The normalized spacial score (nSPS) is 10.8. The Morgan fingerprint density at radius 2 is 2.19 bits per heavy atom. The van der Waals surface area contributed by atoms with E-state index in [1.54, 1.807) is 24.5 Å². The van der Waals surface area contributed by atoms with E-state index < -0.39 is 0 Å².